The Bertz CT molecular complexity index is 760. The monoisotopic (exact) mass is 463 g/mol. The predicted octanol–water partition coefficient (Wildman–Crippen LogP) is -3.40. The van der Waals surface area contributed by atoms with Crippen LogP contribution in [0.2, 0.25) is 0 Å². The first-order valence-corrected chi connectivity index (χ1v) is 9.67. The number of nitro groups is 1. The molecule has 0 aromatic heterocycles. The van der Waals surface area contributed by atoms with E-state index in [1.807, 2.05) is 0 Å². The Hall–Kier alpha value is -1.98. The second kappa shape index (κ2) is 10.3. The Morgan fingerprint density at radius 3 is 1.94 bits per heavy atom. The van der Waals surface area contributed by atoms with Crippen LogP contribution in [0.15, 0.2) is 24.3 Å². The first-order chi connectivity index (χ1) is 15.2. The largest absolute Gasteiger partial charge is 0.462 e. The van der Waals surface area contributed by atoms with Crippen LogP contribution < -0.4 is 4.74 Å². The van der Waals surface area contributed by atoms with Gasteiger partial charge in [0, 0.05) is 12.1 Å². The summed E-state index contributed by atoms with van der Waals surface area (Å²) in [4.78, 5) is 10.1. The van der Waals surface area contributed by atoms with Gasteiger partial charge < -0.3 is 54.7 Å². The highest BCUT2D eigenvalue weighted by molar-refractivity contribution is 5.36. The van der Waals surface area contributed by atoms with Crippen LogP contribution >= 0.6 is 0 Å². The van der Waals surface area contributed by atoms with Gasteiger partial charge in [-0.05, 0) is 12.1 Å². The van der Waals surface area contributed by atoms with Crippen molar-refractivity contribution in [1.82, 2.24) is 0 Å². The number of rotatable bonds is 7. The molecule has 2 aliphatic rings. The molecule has 0 radical (unpaired) electrons. The van der Waals surface area contributed by atoms with Crippen LogP contribution in [0.1, 0.15) is 0 Å². The highest BCUT2D eigenvalue weighted by Crippen LogP contribution is 2.30. The molecule has 2 fully saturated rings. The molecule has 0 bridgehead atoms. The molecule has 2 saturated heterocycles. The lowest BCUT2D eigenvalue weighted by Crippen LogP contribution is -2.65. The Balaban J connectivity index is 1.70. The Morgan fingerprint density at radius 1 is 0.812 bits per heavy atom. The molecule has 1 aromatic rings. The normalized spacial score (nSPS) is 40.1. The van der Waals surface area contributed by atoms with E-state index < -0.39 is 79.5 Å². The molecule has 1 aromatic carbocycles. The zero-order valence-corrected chi connectivity index (χ0v) is 16.5. The van der Waals surface area contributed by atoms with Gasteiger partial charge in [0.05, 0.1) is 18.1 Å². The second-order valence-corrected chi connectivity index (χ2v) is 7.37. The first kappa shape index (κ1) is 24.7. The van der Waals surface area contributed by atoms with Crippen LogP contribution in [0, 0.1) is 10.1 Å². The fourth-order valence-electron chi connectivity index (χ4n) is 3.43. The maximum Gasteiger partial charge on any atom is 0.269 e. The van der Waals surface area contributed by atoms with Crippen LogP contribution in [-0.2, 0) is 14.2 Å². The quantitative estimate of drug-likeness (QED) is 0.155. The van der Waals surface area contributed by atoms with Gasteiger partial charge in [-0.2, -0.15) is 0 Å². The maximum absolute atomic E-state index is 10.7. The van der Waals surface area contributed by atoms with Crippen molar-refractivity contribution in [2.75, 3.05) is 13.2 Å². The van der Waals surface area contributed by atoms with E-state index in [0.29, 0.717) is 0 Å². The molecule has 3 rings (SSSR count). The number of nitro benzene ring substituents is 1. The molecule has 10 atom stereocenters. The van der Waals surface area contributed by atoms with Crippen LogP contribution in [0.4, 0.5) is 5.69 Å². The first-order valence-electron chi connectivity index (χ1n) is 9.67. The number of hydrogen-bond acceptors (Lipinski definition) is 13. The summed E-state index contributed by atoms with van der Waals surface area (Å²) in [7, 11) is 0. The summed E-state index contributed by atoms with van der Waals surface area (Å²) in [6, 6.07) is 4.83. The molecule has 14 heteroatoms. The summed E-state index contributed by atoms with van der Waals surface area (Å²) in [6.45, 7) is -1.42. The van der Waals surface area contributed by atoms with Crippen molar-refractivity contribution >= 4 is 5.69 Å². The van der Waals surface area contributed by atoms with E-state index in [9.17, 15) is 45.9 Å². The second-order valence-electron chi connectivity index (χ2n) is 7.37. The summed E-state index contributed by atoms with van der Waals surface area (Å²) < 4.78 is 21.5. The van der Waals surface area contributed by atoms with E-state index >= 15 is 0 Å². The third kappa shape index (κ3) is 4.99. The van der Waals surface area contributed by atoms with E-state index in [2.05, 4.69) is 0 Å². The van der Waals surface area contributed by atoms with Gasteiger partial charge in [0.15, 0.2) is 6.29 Å². The summed E-state index contributed by atoms with van der Waals surface area (Å²) >= 11 is 0. The predicted molar refractivity (Wildman–Crippen MR) is 100 cm³/mol. The Labute approximate surface area is 180 Å². The van der Waals surface area contributed by atoms with Gasteiger partial charge in [0.2, 0.25) is 6.29 Å². The topological polar surface area (TPSA) is 222 Å². The standard InChI is InChI=1S/C18H25NO13/c20-5-9-11(22)12(23)14(25)18(30-9)32-16-10(6-21)31-17(15(26)13(16)24)29-8-3-1-7(2-4-8)19(27)28/h1-4,9-18,20-26H,5-6H2/t9-,10-,11+,12+,13-,14-,15-,16+,17-,18-/m1/s1. The smallest absolute Gasteiger partial charge is 0.269 e. The number of nitrogens with zero attached hydrogens (tertiary/aromatic N) is 1. The zero-order valence-electron chi connectivity index (χ0n) is 16.5. The fourth-order valence-corrected chi connectivity index (χ4v) is 3.43. The lowest BCUT2D eigenvalue weighted by Gasteiger charge is -2.45. The van der Waals surface area contributed by atoms with Gasteiger partial charge in [0.25, 0.3) is 5.69 Å². The Morgan fingerprint density at radius 2 is 1.38 bits per heavy atom. The molecular weight excluding hydrogens is 438 g/mol. The molecule has 2 heterocycles. The summed E-state index contributed by atoms with van der Waals surface area (Å²) in [5.74, 6) is 0.0804. The third-order valence-electron chi connectivity index (χ3n) is 5.26. The number of hydrogen-bond donors (Lipinski definition) is 7. The third-order valence-corrected chi connectivity index (χ3v) is 5.26. The molecule has 0 amide bonds. The zero-order chi connectivity index (χ0) is 23.6. The maximum atomic E-state index is 10.7. The van der Waals surface area contributed by atoms with E-state index in [0.717, 1.165) is 12.1 Å². The van der Waals surface area contributed by atoms with E-state index in [-0.39, 0.29) is 11.4 Å². The van der Waals surface area contributed by atoms with Gasteiger partial charge in [-0.25, -0.2) is 0 Å². The summed E-state index contributed by atoms with van der Waals surface area (Å²) in [6.07, 6.45) is -15.7. The molecule has 0 unspecified atom stereocenters. The highest BCUT2D eigenvalue weighted by Gasteiger charge is 2.51. The minimum absolute atomic E-state index is 0.0804. The van der Waals surface area contributed by atoms with Gasteiger partial charge in [-0.3, -0.25) is 10.1 Å². The lowest BCUT2D eigenvalue weighted by molar-refractivity contribution is -0.384. The van der Waals surface area contributed by atoms with Gasteiger partial charge in [0.1, 0.15) is 54.6 Å². The van der Waals surface area contributed by atoms with E-state index in [4.69, 9.17) is 18.9 Å². The minimum atomic E-state index is -1.77. The van der Waals surface area contributed by atoms with Gasteiger partial charge in [-0.1, -0.05) is 0 Å². The fraction of sp³-hybridized carbons (Fsp3) is 0.667. The van der Waals surface area contributed by atoms with Crippen molar-refractivity contribution in [2.24, 2.45) is 0 Å². The number of benzene rings is 1. The molecule has 180 valence electrons. The molecule has 7 N–H and O–H groups in total. The van der Waals surface area contributed by atoms with E-state index in [1.165, 1.54) is 12.1 Å². The van der Waals surface area contributed by atoms with Crippen molar-refractivity contribution in [2.45, 2.75) is 61.4 Å². The van der Waals surface area contributed by atoms with Gasteiger partial charge in [-0.15, -0.1) is 0 Å². The summed E-state index contributed by atoms with van der Waals surface area (Å²) in [5.41, 5.74) is -0.191. The molecule has 32 heavy (non-hydrogen) atoms. The lowest BCUT2D eigenvalue weighted by atomic mass is 9.97. The average Bonchev–Trinajstić information content (AvgIpc) is 2.79. The van der Waals surface area contributed by atoms with Crippen LogP contribution in [0.3, 0.4) is 0 Å². The molecule has 14 nitrogen and oxygen atoms in total. The number of aliphatic hydroxyl groups is 7. The van der Waals surface area contributed by atoms with Crippen LogP contribution in [-0.4, -0.2) is 115 Å². The molecule has 0 saturated carbocycles. The number of aliphatic hydroxyl groups excluding tert-OH is 7. The van der Waals surface area contributed by atoms with E-state index in [1.54, 1.807) is 0 Å². The molecular formula is C18H25NO13. The highest BCUT2D eigenvalue weighted by atomic mass is 16.7. The van der Waals surface area contributed by atoms with Crippen LogP contribution in [0.5, 0.6) is 5.75 Å². The van der Waals surface area contributed by atoms with Crippen molar-refractivity contribution < 1.29 is 59.6 Å². The molecule has 0 spiro atoms. The van der Waals surface area contributed by atoms with Crippen molar-refractivity contribution in [3.8, 4) is 5.75 Å². The van der Waals surface area contributed by atoms with Crippen LogP contribution in [0.25, 0.3) is 0 Å². The van der Waals surface area contributed by atoms with Crippen molar-refractivity contribution in [3.05, 3.63) is 34.4 Å². The van der Waals surface area contributed by atoms with Crippen molar-refractivity contribution in [1.29, 1.82) is 0 Å². The minimum Gasteiger partial charge on any atom is -0.462 e. The Kier molecular flexibility index (Phi) is 7.94. The molecule has 2 aliphatic heterocycles. The van der Waals surface area contributed by atoms with Crippen molar-refractivity contribution in [3.63, 3.8) is 0 Å². The number of non-ortho nitro benzene ring substituents is 1. The summed E-state index contributed by atoms with van der Waals surface area (Å²) in [5, 5.41) is 80.4. The SMILES string of the molecule is O=[N+]([O-])c1ccc(O[C@@H]2O[C@H](CO)[C@H](O[C@H]3O[C@H](CO)[C@H](O)[C@H](O)[C@H]3O)[C@H](O)[C@H]2O)cc1. The average molecular weight is 463 g/mol. The molecule has 0 aliphatic carbocycles. The number of ether oxygens (including phenoxy) is 4. The van der Waals surface area contributed by atoms with Gasteiger partial charge >= 0.3 is 0 Å².